The van der Waals surface area contributed by atoms with E-state index in [1.54, 1.807) is 23.0 Å². The number of amides is 1. The summed E-state index contributed by atoms with van der Waals surface area (Å²) in [4.78, 5) is 24.1. The number of carbonyl (C=O) groups is 1. The summed E-state index contributed by atoms with van der Waals surface area (Å²) in [6, 6.07) is 1.77. The molecule has 0 aliphatic heterocycles. The number of hydrogen-bond donors (Lipinski definition) is 2. The van der Waals surface area contributed by atoms with Crippen LogP contribution >= 0.6 is 0 Å². The van der Waals surface area contributed by atoms with E-state index in [9.17, 15) is 9.90 Å². The zero-order valence-corrected chi connectivity index (χ0v) is 15.4. The van der Waals surface area contributed by atoms with Crippen LogP contribution in [0.25, 0.3) is 28.3 Å². The van der Waals surface area contributed by atoms with Crippen LogP contribution in [0.4, 0.5) is 0 Å². The molecule has 0 aromatic carbocycles. The van der Waals surface area contributed by atoms with Gasteiger partial charge in [-0.2, -0.15) is 4.98 Å². The Hall–Kier alpha value is -3.44. The van der Waals surface area contributed by atoms with Crippen LogP contribution in [-0.4, -0.2) is 30.5 Å². The summed E-state index contributed by atoms with van der Waals surface area (Å²) < 4.78 is 6.85. The molecule has 8 heteroatoms. The molecule has 3 aromatic heterocycles. The second kappa shape index (κ2) is 8.29. The summed E-state index contributed by atoms with van der Waals surface area (Å²) in [5.74, 6) is 0.389. The average Bonchev–Trinajstić information content (AvgIpc) is 3.28. The minimum absolute atomic E-state index is 0.0611. The number of rotatable bonds is 5. The highest BCUT2D eigenvalue weighted by molar-refractivity contribution is 5.80. The van der Waals surface area contributed by atoms with E-state index in [0.717, 1.165) is 0 Å². The van der Waals surface area contributed by atoms with Crippen LogP contribution in [0.15, 0.2) is 35.8 Å². The molecule has 0 bridgehead atoms. The Labute approximate surface area is 157 Å². The summed E-state index contributed by atoms with van der Waals surface area (Å²) in [5, 5.41) is 13.1. The molecular formula is C19H21N5O3. The molecule has 1 amide bonds. The molecule has 2 N–H and O–H groups in total. The maximum atomic E-state index is 11.3. The summed E-state index contributed by atoms with van der Waals surface area (Å²) in [5.41, 5.74) is 2.33. The summed E-state index contributed by atoms with van der Waals surface area (Å²) in [7, 11) is 0. The summed E-state index contributed by atoms with van der Waals surface area (Å²) in [6.07, 6.45) is 11.8. The van der Waals surface area contributed by atoms with Gasteiger partial charge in [0.2, 0.25) is 5.91 Å². The van der Waals surface area contributed by atoms with E-state index in [2.05, 4.69) is 39.7 Å². The zero-order valence-electron chi connectivity index (χ0n) is 15.4. The second-order valence-electron chi connectivity index (χ2n) is 6.07. The molecule has 3 aromatic rings. The van der Waals surface area contributed by atoms with Crippen molar-refractivity contribution in [3.63, 3.8) is 0 Å². The van der Waals surface area contributed by atoms with Gasteiger partial charge >= 0.3 is 0 Å². The number of aliphatic hydroxyl groups is 1. The molecule has 0 saturated heterocycles. The number of oxazole rings is 1. The Bertz CT molecular complexity index is 984. The number of aromatic nitrogens is 4. The number of nitrogens with one attached hydrogen (secondary N) is 1. The lowest BCUT2D eigenvalue weighted by Crippen LogP contribution is -2.23. The fraction of sp³-hybridized carbons (Fsp3) is 0.263. The van der Waals surface area contributed by atoms with Crippen LogP contribution in [0, 0.1) is 18.8 Å². The van der Waals surface area contributed by atoms with E-state index in [1.807, 2.05) is 13.8 Å². The predicted octanol–water partition coefficient (Wildman–Crippen LogP) is 2.59. The maximum absolute atomic E-state index is 11.3. The Kier molecular flexibility index (Phi) is 6.11. The van der Waals surface area contributed by atoms with E-state index >= 15 is 0 Å². The Morgan fingerprint density at radius 2 is 2.07 bits per heavy atom. The first-order chi connectivity index (χ1) is 12.9. The molecule has 0 fully saturated rings. The highest BCUT2D eigenvalue weighted by Crippen LogP contribution is 2.28. The zero-order chi connectivity index (χ0) is 20.1. The van der Waals surface area contributed by atoms with Crippen molar-refractivity contribution in [3.8, 4) is 24.1 Å². The minimum atomic E-state index is -0.818. The van der Waals surface area contributed by atoms with Gasteiger partial charge in [0, 0.05) is 24.9 Å². The molecule has 140 valence electrons. The summed E-state index contributed by atoms with van der Waals surface area (Å²) >= 11 is 0. The molecule has 1 unspecified atom stereocenters. The smallest absolute Gasteiger partial charge is 0.222 e. The van der Waals surface area contributed by atoms with E-state index in [4.69, 9.17) is 4.42 Å². The normalized spacial score (nSPS) is 11.7. The van der Waals surface area contributed by atoms with Crippen LogP contribution in [0.2, 0.25) is 0 Å². The van der Waals surface area contributed by atoms with Crippen LogP contribution in [0.3, 0.4) is 0 Å². The van der Waals surface area contributed by atoms with Gasteiger partial charge in [-0.25, -0.2) is 9.97 Å². The first kappa shape index (κ1) is 19.9. The number of aliphatic hydroxyl groups excluding tert-OH is 1. The Morgan fingerprint density at radius 3 is 2.70 bits per heavy atom. The molecule has 0 spiro atoms. The lowest BCUT2D eigenvalue weighted by molar-refractivity contribution is -0.117. The van der Waals surface area contributed by atoms with Gasteiger partial charge in [-0.1, -0.05) is 20.4 Å². The molecule has 0 radical (unpaired) electrons. The first-order valence-electron chi connectivity index (χ1n) is 8.14. The molecule has 0 aliphatic rings. The Morgan fingerprint density at radius 1 is 1.37 bits per heavy atom. The SMILES string of the molecule is C#C.C=C(NC(C)=O)n1cc(-c2cnc3ncoc3c2)nc1C(O)C(C)C. The van der Waals surface area contributed by atoms with E-state index in [1.165, 1.54) is 13.3 Å². The van der Waals surface area contributed by atoms with Crippen molar-refractivity contribution in [3.05, 3.63) is 37.3 Å². The van der Waals surface area contributed by atoms with Crippen molar-refractivity contribution < 1.29 is 14.3 Å². The number of imidazole rings is 1. The molecule has 27 heavy (non-hydrogen) atoms. The molecule has 8 nitrogen and oxygen atoms in total. The standard InChI is InChI=1S/C17H19N5O3.C2H2/c1-9(2)15(24)17-21-13(7-22(17)10(3)20-11(4)23)12-5-14-16(18-6-12)19-8-25-14;1-2/h5-9,15,24H,3H2,1-2,4H3,(H,20,23);1-2H. The van der Waals surface area contributed by atoms with E-state index in [-0.39, 0.29) is 11.8 Å². The number of carbonyl (C=O) groups excluding carboxylic acids is 1. The van der Waals surface area contributed by atoms with Gasteiger partial charge in [-0.15, -0.1) is 12.8 Å². The largest absolute Gasteiger partial charge is 0.442 e. The molecule has 3 rings (SSSR count). The van der Waals surface area contributed by atoms with Gasteiger partial charge in [-0.05, 0) is 12.0 Å². The average molecular weight is 367 g/mol. The number of pyridine rings is 1. The fourth-order valence-corrected chi connectivity index (χ4v) is 2.41. The number of terminal acetylenes is 1. The van der Waals surface area contributed by atoms with Gasteiger partial charge in [0.05, 0.1) is 5.69 Å². The van der Waals surface area contributed by atoms with Gasteiger partial charge in [-0.3, -0.25) is 9.36 Å². The van der Waals surface area contributed by atoms with E-state index < -0.39 is 6.10 Å². The van der Waals surface area contributed by atoms with E-state index in [0.29, 0.717) is 34.1 Å². The quantitative estimate of drug-likeness (QED) is 0.672. The van der Waals surface area contributed by atoms with Gasteiger partial charge in [0.15, 0.2) is 17.6 Å². The highest BCUT2D eigenvalue weighted by Gasteiger charge is 2.22. The third kappa shape index (κ3) is 4.22. The van der Waals surface area contributed by atoms with Gasteiger partial charge in [0.25, 0.3) is 0 Å². The minimum Gasteiger partial charge on any atom is -0.442 e. The van der Waals surface area contributed by atoms with Gasteiger partial charge in [0.1, 0.15) is 17.7 Å². The van der Waals surface area contributed by atoms with Crippen molar-refractivity contribution in [2.24, 2.45) is 5.92 Å². The number of hydrogen-bond acceptors (Lipinski definition) is 6. The number of fused-ring (bicyclic) bond motifs is 1. The van der Waals surface area contributed by atoms with Crippen LogP contribution in [0.1, 0.15) is 32.7 Å². The molecule has 1 atom stereocenters. The van der Waals surface area contributed by atoms with Crippen LogP contribution in [-0.2, 0) is 4.79 Å². The van der Waals surface area contributed by atoms with Crippen molar-refractivity contribution in [2.75, 3.05) is 0 Å². The molecule has 0 saturated carbocycles. The number of nitrogens with zero attached hydrogens (tertiary/aromatic N) is 4. The first-order valence-corrected chi connectivity index (χ1v) is 8.14. The molecular weight excluding hydrogens is 346 g/mol. The molecule has 0 aliphatic carbocycles. The second-order valence-corrected chi connectivity index (χ2v) is 6.07. The van der Waals surface area contributed by atoms with Crippen molar-refractivity contribution in [1.82, 2.24) is 24.8 Å². The third-order valence-electron chi connectivity index (χ3n) is 3.72. The van der Waals surface area contributed by atoms with Crippen molar-refractivity contribution in [2.45, 2.75) is 26.9 Å². The van der Waals surface area contributed by atoms with Crippen molar-refractivity contribution in [1.29, 1.82) is 0 Å². The molecule has 3 heterocycles. The lowest BCUT2D eigenvalue weighted by Gasteiger charge is -2.17. The fourth-order valence-electron chi connectivity index (χ4n) is 2.41. The van der Waals surface area contributed by atoms with Crippen LogP contribution in [0.5, 0.6) is 0 Å². The monoisotopic (exact) mass is 367 g/mol. The predicted molar refractivity (Wildman–Crippen MR) is 102 cm³/mol. The van der Waals surface area contributed by atoms with Gasteiger partial charge < -0.3 is 14.8 Å². The lowest BCUT2D eigenvalue weighted by atomic mass is 10.1. The summed E-state index contributed by atoms with van der Waals surface area (Å²) in [6.45, 7) is 9.01. The highest BCUT2D eigenvalue weighted by atomic mass is 16.3. The topological polar surface area (TPSA) is 106 Å². The maximum Gasteiger partial charge on any atom is 0.222 e. The Balaban J connectivity index is 0.00000126. The van der Waals surface area contributed by atoms with Crippen LogP contribution < -0.4 is 5.32 Å². The van der Waals surface area contributed by atoms with Crippen molar-refractivity contribution >= 4 is 23.0 Å². The third-order valence-corrected chi connectivity index (χ3v) is 3.72.